The topological polar surface area (TPSA) is 81.1 Å². The van der Waals surface area contributed by atoms with Crippen molar-refractivity contribution < 1.29 is 13.9 Å². The fourth-order valence-electron chi connectivity index (χ4n) is 2.60. The third-order valence-corrected chi connectivity index (χ3v) is 3.91. The van der Waals surface area contributed by atoms with Gasteiger partial charge in [-0.05, 0) is 54.6 Å². The number of aromatic nitrogens is 3. The van der Waals surface area contributed by atoms with E-state index in [4.69, 9.17) is 4.74 Å². The van der Waals surface area contributed by atoms with Crippen LogP contribution in [-0.2, 0) is 0 Å². The van der Waals surface area contributed by atoms with Crippen molar-refractivity contribution in [3.8, 4) is 17.4 Å². The maximum absolute atomic E-state index is 13.2. The molecule has 2 aromatic carbocycles. The number of nitrogens with one attached hydrogen (secondary N) is 2. The summed E-state index contributed by atoms with van der Waals surface area (Å²) in [6, 6.07) is 17.5. The van der Waals surface area contributed by atoms with Crippen LogP contribution in [0.2, 0.25) is 0 Å². The van der Waals surface area contributed by atoms with Gasteiger partial charge >= 0.3 is 6.03 Å². The van der Waals surface area contributed by atoms with E-state index in [-0.39, 0.29) is 0 Å². The van der Waals surface area contributed by atoms with Crippen LogP contribution in [-0.4, -0.2) is 20.6 Å². The Bertz CT molecular complexity index is 1110. The van der Waals surface area contributed by atoms with E-state index in [0.717, 1.165) is 0 Å². The predicted octanol–water partition coefficient (Wildman–Crippen LogP) is 4.84. The highest BCUT2D eigenvalue weighted by Crippen LogP contribution is 2.22. The lowest BCUT2D eigenvalue weighted by molar-refractivity contribution is 0.262. The van der Waals surface area contributed by atoms with Crippen molar-refractivity contribution >= 4 is 17.4 Å². The Morgan fingerprint density at radius 3 is 2.41 bits per heavy atom. The zero-order chi connectivity index (χ0) is 20.1. The highest BCUT2D eigenvalue weighted by molar-refractivity contribution is 5.99. The smallest absolute Gasteiger partial charge is 0.323 e. The maximum Gasteiger partial charge on any atom is 0.323 e. The molecule has 4 rings (SSSR count). The molecule has 0 fully saturated rings. The number of urea groups is 1. The number of nitrogens with zero attached hydrogens (tertiary/aromatic N) is 3. The summed E-state index contributed by atoms with van der Waals surface area (Å²) in [5, 5.41) is 5.24. The second-order valence-electron chi connectivity index (χ2n) is 6.02. The van der Waals surface area contributed by atoms with Crippen molar-refractivity contribution in [1.29, 1.82) is 0 Å². The van der Waals surface area contributed by atoms with Crippen LogP contribution in [0.1, 0.15) is 0 Å². The van der Waals surface area contributed by atoms with Crippen molar-refractivity contribution in [3.63, 3.8) is 0 Å². The molecule has 0 unspecified atom stereocenters. The number of halogens is 1. The van der Waals surface area contributed by atoms with Gasteiger partial charge in [0.2, 0.25) is 5.88 Å². The molecule has 8 heteroatoms. The molecule has 0 aliphatic rings. The van der Waals surface area contributed by atoms with Crippen molar-refractivity contribution in [2.75, 3.05) is 10.6 Å². The molecular weight excluding hydrogens is 373 g/mol. The van der Waals surface area contributed by atoms with Crippen molar-refractivity contribution in [2.24, 2.45) is 0 Å². The number of ether oxygens (including phenoxy) is 1. The summed E-state index contributed by atoms with van der Waals surface area (Å²) in [7, 11) is 0. The highest BCUT2D eigenvalue weighted by atomic mass is 19.1. The van der Waals surface area contributed by atoms with Gasteiger partial charge < -0.3 is 19.9 Å². The average Bonchev–Trinajstić information content (AvgIpc) is 3.25. The monoisotopic (exact) mass is 389 g/mol. The maximum atomic E-state index is 13.2. The Balaban J connectivity index is 1.38. The Morgan fingerprint density at radius 1 is 0.897 bits per heavy atom. The first kappa shape index (κ1) is 18.2. The number of benzene rings is 2. The molecule has 144 valence electrons. The van der Waals surface area contributed by atoms with E-state index in [2.05, 4.69) is 20.6 Å². The summed E-state index contributed by atoms with van der Waals surface area (Å²) >= 11 is 0. The lowest BCUT2D eigenvalue weighted by Gasteiger charge is -2.09. The predicted molar refractivity (Wildman–Crippen MR) is 107 cm³/mol. The van der Waals surface area contributed by atoms with E-state index in [1.165, 1.54) is 24.5 Å². The molecule has 2 heterocycles. The molecule has 0 saturated heterocycles. The zero-order valence-electron chi connectivity index (χ0n) is 15.1. The first-order chi connectivity index (χ1) is 14.2. The quantitative estimate of drug-likeness (QED) is 0.512. The summed E-state index contributed by atoms with van der Waals surface area (Å²) in [6.07, 6.45) is 5.18. The van der Waals surface area contributed by atoms with Gasteiger partial charge in [0.1, 0.15) is 23.7 Å². The molecule has 0 radical (unpaired) electrons. The van der Waals surface area contributed by atoms with Gasteiger partial charge in [-0.25, -0.2) is 19.2 Å². The fraction of sp³-hybridized carbons (Fsp3) is 0. The van der Waals surface area contributed by atoms with E-state index in [0.29, 0.717) is 28.8 Å². The van der Waals surface area contributed by atoms with Gasteiger partial charge in [-0.2, -0.15) is 0 Å². The van der Waals surface area contributed by atoms with Gasteiger partial charge in [-0.15, -0.1) is 0 Å². The van der Waals surface area contributed by atoms with Gasteiger partial charge in [0, 0.05) is 29.8 Å². The lowest BCUT2D eigenvalue weighted by Crippen LogP contribution is -2.19. The molecule has 2 aromatic heterocycles. The molecule has 2 N–H and O–H groups in total. The van der Waals surface area contributed by atoms with Gasteiger partial charge in [0.15, 0.2) is 0 Å². The number of hydrogen-bond donors (Lipinski definition) is 2. The number of carbonyl (C=O) groups is 1. The van der Waals surface area contributed by atoms with E-state index in [1.807, 2.05) is 29.1 Å². The van der Waals surface area contributed by atoms with Crippen LogP contribution in [0.3, 0.4) is 0 Å². The number of anilines is 2. The highest BCUT2D eigenvalue weighted by Gasteiger charge is 2.06. The molecule has 2 amide bonds. The second-order valence-corrected chi connectivity index (χ2v) is 6.02. The zero-order valence-corrected chi connectivity index (χ0v) is 15.1. The van der Waals surface area contributed by atoms with Crippen molar-refractivity contribution in [3.05, 3.63) is 91.3 Å². The number of carbonyl (C=O) groups excluding carboxylic acids is 1. The third kappa shape index (κ3) is 4.75. The summed E-state index contributed by atoms with van der Waals surface area (Å²) in [6.45, 7) is 0. The molecule has 0 aliphatic carbocycles. The van der Waals surface area contributed by atoms with Crippen LogP contribution < -0.4 is 15.4 Å². The summed E-state index contributed by atoms with van der Waals surface area (Å²) < 4.78 is 20.8. The molecule has 0 bridgehead atoms. The standard InChI is InChI=1S/C21H16FN5O2/c22-15-4-3-5-17(12-15)26-21(28)25-16-6-8-18(9-7-16)29-20-13-19(23-14-24-20)27-10-1-2-11-27/h1-14H,(H2,25,26,28). The van der Waals surface area contributed by atoms with Crippen molar-refractivity contribution in [2.45, 2.75) is 0 Å². The van der Waals surface area contributed by atoms with Gasteiger partial charge in [-0.1, -0.05) is 6.07 Å². The van der Waals surface area contributed by atoms with Crippen LogP contribution in [0, 0.1) is 5.82 Å². The van der Waals surface area contributed by atoms with Gasteiger partial charge in [0.05, 0.1) is 0 Å². The Hall–Kier alpha value is -4.20. The van der Waals surface area contributed by atoms with Crippen LogP contribution in [0.5, 0.6) is 11.6 Å². The van der Waals surface area contributed by atoms with E-state index < -0.39 is 11.8 Å². The van der Waals surface area contributed by atoms with Gasteiger partial charge in [0.25, 0.3) is 0 Å². The second kappa shape index (κ2) is 8.22. The third-order valence-electron chi connectivity index (χ3n) is 3.91. The van der Waals surface area contributed by atoms with Crippen molar-refractivity contribution in [1.82, 2.24) is 14.5 Å². The lowest BCUT2D eigenvalue weighted by atomic mass is 10.3. The Morgan fingerprint density at radius 2 is 1.66 bits per heavy atom. The molecule has 4 aromatic rings. The summed E-state index contributed by atoms with van der Waals surface area (Å²) in [4.78, 5) is 20.3. The Kier molecular flexibility index (Phi) is 5.15. The Labute approximate surface area is 165 Å². The normalized spacial score (nSPS) is 10.4. The van der Waals surface area contributed by atoms with E-state index >= 15 is 0 Å². The molecule has 0 saturated carbocycles. The fourth-order valence-corrected chi connectivity index (χ4v) is 2.60. The minimum absolute atomic E-state index is 0.365. The number of rotatable bonds is 5. The number of hydrogen-bond acceptors (Lipinski definition) is 4. The first-order valence-corrected chi connectivity index (χ1v) is 8.73. The molecule has 7 nitrogen and oxygen atoms in total. The molecule has 29 heavy (non-hydrogen) atoms. The average molecular weight is 389 g/mol. The van der Waals surface area contributed by atoms with Gasteiger partial charge in [-0.3, -0.25) is 0 Å². The molecule has 0 atom stereocenters. The summed E-state index contributed by atoms with van der Waals surface area (Å²) in [5.41, 5.74) is 0.923. The molecular formula is C21H16FN5O2. The SMILES string of the molecule is O=C(Nc1ccc(Oc2cc(-n3cccc3)ncn2)cc1)Nc1cccc(F)c1. The van der Waals surface area contributed by atoms with Crippen LogP contribution in [0.4, 0.5) is 20.6 Å². The van der Waals surface area contributed by atoms with Crippen LogP contribution >= 0.6 is 0 Å². The first-order valence-electron chi connectivity index (χ1n) is 8.73. The molecule has 0 spiro atoms. The largest absolute Gasteiger partial charge is 0.439 e. The van der Waals surface area contributed by atoms with E-state index in [1.54, 1.807) is 36.4 Å². The van der Waals surface area contributed by atoms with Crippen LogP contribution in [0.15, 0.2) is 85.5 Å². The van der Waals surface area contributed by atoms with E-state index in [9.17, 15) is 9.18 Å². The van der Waals surface area contributed by atoms with Crippen LogP contribution in [0.25, 0.3) is 5.82 Å². The summed E-state index contributed by atoms with van der Waals surface area (Å²) in [5.74, 6) is 1.22. The number of amides is 2. The minimum Gasteiger partial charge on any atom is -0.439 e. The minimum atomic E-state index is -0.476. The molecule has 0 aliphatic heterocycles.